The Morgan fingerprint density at radius 1 is 0.450 bits per heavy atom. The Labute approximate surface area is 231 Å². The summed E-state index contributed by atoms with van der Waals surface area (Å²) in [5.74, 6) is 1.83. The summed E-state index contributed by atoms with van der Waals surface area (Å²) in [5.41, 5.74) is 8.36. The summed E-state index contributed by atoms with van der Waals surface area (Å²) in [5, 5.41) is 7.46. The lowest BCUT2D eigenvalue weighted by Gasteiger charge is -2.22. The summed E-state index contributed by atoms with van der Waals surface area (Å²) >= 11 is 0. The maximum absolute atomic E-state index is 6.32. The van der Waals surface area contributed by atoms with Gasteiger partial charge in [-0.25, -0.2) is 0 Å². The Bertz CT molecular complexity index is 2280. The van der Waals surface area contributed by atoms with Crippen LogP contribution in [0, 0.1) is 0 Å². The molecule has 0 bridgehead atoms. The Kier molecular flexibility index (Phi) is 4.36. The van der Waals surface area contributed by atoms with E-state index in [4.69, 9.17) is 4.74 Å². The Hall–Kier alpha value is -5.34. The first-order valence-electron chi connectivity index (χ1n) is 13.7. The Balaban J connectivity index is 1.20. The first kappa shape index (κ1) is 21.6. The van der Waals surface area contributed by atoms with Crippen LogP contribution in [0.25, 0.3) is 71.3 Å². The molecule has 2 heteroatoms. The number of nitrogens with zero attached hydrogens (tertiary/aromatic N) is 1. The van der Waals surface area contributed by atoms with Gasteiger partial charge in [-0.15, -0.1) is 0 Å². The molecule has 0 unspecified atom stereocenters. The second-order valence-corrected chi connectivity index (χ2v) is 10.6. The third-order valence-corrected chi connectivity index (χ3v) is 8.37. The van der Waals surface area contributed by atoms with Crippen LogP contribution in [0.4, 0.5) is 0 Å². The van der Waals surface area contributed by atoms with E-state index < -0.39 is 0 Å². The molecule has 0 amide bonds. The van der Waals surface area contributed by atoms with Crippen molar-refractivity contribution in [1.82, 2.24) is 4.57 Å². The molecule has 1 aliphatic rings. The number of aromatic nitrogens is 1. The summed E-state index contributed by atoms with van der Waals surface area (Å²) < 4.78 is 8.73. The molecule has 0 spiro atoms. The molecule has 0 saturated heterocycles. The summed E-state index contributed by atoms with van der Waals surface area (Å²) in [4.78, 5) is 0. The summed E-state index contributed by atoms with van der Waals surface area (Å²) in [7, 11) is 0. The SMILES string of the molecule is c1cc2c3c(cccc3c1)-c1cc(-c3ccc(-n4c5ccccc5c5ccc6ccccc6c54)cc3)ccc1O2. The summed E-state index contributed by atoms with van der Waals surface area (Å²) in [6.07, 6.45) is 0. The van der Waals surface area contributed by atoms with Crippen molar-refractivity contribution in [3.63, 3.8) is 0 Å². The van der Waals surface area contributed by atoms with Gasteiger partial charge in [0.25, 0.3) is 0 Å². The van der Waals surface area contributed by atoms with Gasteiger partial charge in [0.05, 0.1) is 11.0 Å². The van der Waals surface area contributed by atoms with Crippen molar-refractivity contribution < 1.29 is 4.74 Å². The van der Waals surface area contributed by atoms with E-state index in [1.165, 1.54) is 60.0 Å². The van der Waals surface area contributed by atoms with E-state index in [0.29, 0.717) is 0 Å². The van der Waals surface area contributed by atoms with Crippen molar-refractivity contribution in [1.29, 1.82) is 0 Å². The van der Waals surface area contributed by atoms with Gasteiger partial charge in [-0.1, -0.05) is 103 Å². The highest BCUT2D eigenvalue weighted by Gasteiger charge is 2.20. The molecule has 0 radical (unpaired) electrons. The lowest BCUT2D eigenvalue weighted by Crippen LogP contribution is -1.97. The monoisotopic (exact) mass is 509 g/mol. The second-order valence-electron chi connectivity index (χ2n) is 10.6. The van der Waals surface area contributed by atoms with Crippen molar-refractivity contribution >= 4 is 43.4 Å². The van der Waals surface area contributed by atoms with Gasteiger partial charge in [-0.2, -0.15) is 0 Å². The highest BCUT2D eigenvalue weighted by Crippen LogP contribution is 2.47. The van der Waals surface area contributed by atoms with Crippen molar-refractivity contribution in [3.8, 4) is 39.4 Å². The lowest BCUT2D eigenvalue weighted by atomic mass is 9.92. The molecule has 2 heterocycles. The van der Waals surface area contributed by atoms with Gasteiger partial charge >= 0.3 is 0 Å². The fraction of sp³-hybridized carbons (Fsp3) is 0. The Morgan fingerprint density at radius 3 is 2.10 bits per heavy atom. The minimum atomic E-state index is 0.906. The molecule has 8 aromatic rings. The zero-order chi connectivity index (χ0) is 26.2. The van der Waals surface area contributed by atoms with Gasteiger partial charge in [0.2, 0.25) is 0 Å². The fourth-order valence-corrected chi connectivity index (χ4v) is 6.54. The van der Waals surface area contributed by atoms with Crippen molar-refractivity contribution in [2.24, 2.45) is 0 Å². The molecule has 40 heavy (non-hydrogen) atoms. The number of para-hydroxylation sites is 1. The Morgan fingerprint density at radius 2 is 1.20 bits per heavy atom. The molecule has 2 nitrogen and oxygen atoms in total. The van der Waals surface area contributed by atoms with Gasteiger partial charge in [0.1, 0.15) is 11.5 Å². The second kappa shape index (κ2) is 8.08. The van der Waals surface area contributed by atoms with Crippen LogP contribution < -0.4 is 4.74 Å². The highest BCUT2D eigenvalue weighted by molar-refractivity contribution is 6.18. The summed E-state index contributed by atoms with van der Waals surface area (Å²) in [6.45, 7) is 0. The summed E-state index contributed by atoms with van der Waals surface area (Å²) in [6, 6.07) is 50.1. The quantitative estimate of drug-likeness (QED) is 0.226. The van der Waals surface area contributed by atoms with Crippen LogP contribution in [0.3, 0.4) is 0 Å². The molecular weight excluding hydrogens is 486 g/mol. The minimum absolute atomic E-state index is 0.906. The van der Waals surface area contributed by atoms with Crippen LogP contribution in [0.1, 0.15) is 0 Å². The van der Waals surface area contributed by atoms with Gasteiger partial charge in [-0.05, 0) is 63.9 Å². The third-order valence-electron chi connectivity index (χ3n) is 8.37. The fourth-order valence-electron chi connectivity index (χ4n) is 6.54. The highest BCUT2D eigenvalue weighted by atomic mass is 16.5. The number of ether oxygens (including phenoxy) is 1. The standard InChI is InChI=1S/C38H23NO/c1-2-10-29-25(7-1)17-21-32-30-11-3-4-13-34(30)39(38(29)32)28-19-15-24(16-20-28)27-18-22-35-33(23-27)31-12-5-8-26-9-6-14-36(40-35)37(26)31/h1-23H. The first-order chi connectivity index (χ1) is 19.8. The smallest absolute Gasteiger partial charge is 0.135 e. The largest absolute Gasteiger partial charge is 0.456 e. The zero-order valence-electron chi connectivity index (χ0n) is 21.6. The number of rotatable bonds is 2. The molecule has 9 rings (SSSR count). The van der Waals surface area contributed by atoms with Crippen LogP contribution in [-0.4, -0.2) is 4.57 Å². The molecular formula is C38H23NO. The molecule has 1 aromatic heterocycles. The van der Waals surface area contributed by atoms with Crippen LogP contribution in [0.15, 0.2) is 140 Å². The van der Waals surface area contributed by atoms with Crippen LogP contribution in [0.5, 0.6) is 11.5 Å². The number of hydrogen-bond acceptors (Lipinski definition) is 1. The maximum Gasteiger partial charge on any atom is 0.135 e. The third kappa shape index (κ3) is 2.99. The van der Waals surface area contributed by atoms with Crippen LogP contribution >= 0.6 is 0 Å². The minimum Gasteiger partial charge on any atom is -0.456 e. The normalized spacial score (nSPS) is 12.2. The van der Waals surface area contributed by atoms with Crippen LogP contribution in [0.2, 0.25) is 0 Å². The van der Waals surface area contributed by atoms with E-state index in [9.17, 15) is 0 Å². The van der Waals surface area contributed by atoms with Gasteiger partial charge < -0.3 is 9.30 Å². The van der Waals surface area contributed by atoms with Gasteiger partial charge in [0, 0.05) is 32.8 Å². The van der Waals surface area contributed by atoms with Crippen LogP contribution in [-0.2, 0) is 0 Å². The predicted octanol–water partition coefficient (Wildman–Crippen LogP) is 10.5. The molecule has 0 atom stereocenters. The average Bonchev–Trinajstić information content (AvgIpc) is 3.36. The van der Waals surface area contributed by atoms with E-state index in [1.807, 2.05) is 0 Å². The molecule has 1 aliphatic heterocycles. The maximum atomic E-state index is 6.32. The van der Waals surface area contributed by atoms with Gasteiger partial charge in [-0.3, -0.25) is 0 Å². The van der Waals surface area contributed by atoms with E-state index >= 15 is 0 Å². The number of hydrogen-bond donors (Lipinski definition) is 0. The predicted molar refractivity (Wildman–Crippen MR) is 167 cm³/mol. The van der Waals surface area contributed by atoms with Crippen molar-refractivity contribution in [3.05, 3.63) is 140 Å². The lowest BCUT2D eigenvalue weighted by molar-refractivity contribution is 0.487. The molecule has 186 valence electrons. The number of fused-ring (bicyclic) bond motifs is 7. The first-order valence-corrected chi connectivity index (χ1v) is 13.7. The topological polar surface area (TPSA) is 14.2 Å². The molecule has 0 saturated carbocycles. The van der Waals surface area contributed by atoms with Crippen molar-refractivity contribution in [2.75, 3.05) is 0 Å². The van der Waals surface area contributed by atoms with E-state index in [2.05, 4.69) is 144 Å². The molecule has 0 N–H and O–H groups in total. The molecule has 0 fully saturated rings. The molecule has 0 aliphatic carbocycles. The average molecular weight is 510 g/mol. The molecule has 7 aromatic carbocycles. The van der Waals surface area contributed by atoms with Crippen molar-refractivity contribution in [2.45, 2.75) is 0 Å². The van der Waals surface area contributed by atoms with E-state index in [0.717, 1.165) is 22.7 Å². The zero-order valence-corrected chi connectivity index (χ0v) is 21.6. The van der Waals surface area contributed by atoms with E-state index in [1.54, 1.807) is 0 Å². The van der Waals surface area contributed by atoms with Gasteiger partial charge in [0.15, 0.2) is 0 Å². The van der Waals surface area contributed by atoms with E-state index in [-0.39, 0.29) is 0 Å². The number of benzene rings is 7.